The fourth-order valence-electron chi connectivity index (χ4n) is 2.56. The minimum atomic E-state index is 0.0109. The summed E-state index contributed by atoms with van der Waals surface area (Å²) in [7, 11) is 1.89. The van der Waals surface area contributed by atoms with Crippen LogP contribution in [0.2, 0.25) is 0 Å². The lowest BCUT2D eigenvalue weighted by Crippen LogP contribution is -2.26. The summed E-state index contributed by atoms with van der Waals surface area (Å²) in [6.07, 6.45) is 4.51. The molecule has 0 aliphatic carbocycles. The van der Waals surface area contributed by atoms with Crippen LogP contribution in [-0.4, -0.2) is 32.0 Å². The molecule has 3 aromatic heterocycles. The van der Waals surface area contributed by atoms with Gasteiger partial charge in [0.2, 0.25) is 5.91 Å². The predicted octanol–water partition coefficient (Wildman–Crippen LogP) is 1.42. The molecule has 0 unspecified atom stereocenters. The average molecular weight is 301 g/mol. The molecule has 3 rings (SSSR count). The second-order valence-electron chi connectivity index (χ2n) is 5.24. The highest BCUT2D eigenvalue weighted by Crippen LogP contribution is 2.16. The Bertz CT molecular complexity index is 769. The number of nitrogens with zero attached hydrogens (tertiary/aromatic N) is 4. The van der Waals surface area contributed by atoms with E-state index in [0.717, 1.165) is 22.5 Å². The molecule has 0 bridgehead atoms. The summed E-state index contributed by atoms with van der Waals surface area (Å²) in [4.78, 5) is 11.9. The minimum absolute atomic E-state index is 0.0109. The molecule has 0 fully saturated rings. The molecular formula is C15H19N5O2. The molecule has 1 amide bonds. The molecule has 0 saturated carbocycles. The number of carbonyl (C=O) groups is 1. The van der Waals surface area contributed by atoms with Gasteiger partial charge in [-0.3, -0.25) is 14.2 Å². The molecule has 0 saturated heterocycles. The van der Waals surface area contributed by atoms with Crippen LogP contribution in [-0.2, 0) is 24.8 Å². The Morgan fingerprint density at radius 1 is 1.45 bits per heavy atom. The van der Waals surface area contributed by atoms with E-state index in [0.29, 0.717) is 25.9 Å². The number of carbonyl (C=O) groups excluding carboxylic acids is 1. The smallest absolute Gasteiger partial charge is 0.221 e. The fourth-order valence-corrected chi connectivity index (χ4v) is 2.56. The molecule has 1 N–H and O–H groups in total. The maximum atomic E-state index is 11.9. The standard InChI is InChI=1S/C15H19N5O2/c1-11-15-13(19(2)18-11)10-17-20(15)8-6-14(21)16-7-5-12-4-3-9-22-12/h3-4,9-10H,5-8H2,1-2H3,(H,16,21). The second kappa shape index (κ2) is 6.05. The van der Waals surface area contributed by atoms with Crippen molar-refractivity contribution < 1.29 is 9.21 Å². The van der Waals surface area contributed by atoms with Gasteiger partial charge in [0.05, 0.1) is 24.7 Å². The predicted molar refractivity (Wildman–Crippen MR) is 81.3 cm³/mol. The zero-order valence-electron chi connectivity index (χ0n) is 12.7. The molecule has 0 radical (unpaired) electrons. The highest BCUT2D eigenvalue weighted by atomic mass is 16.3. The van der Waals surface area contributed by atoms with Crippen LogP contribution in [0, 0.1) is 6.92 Å². The molecule has 3 heterocycles. The van der Waals surface area contributed by atoms with Crippen LogP contribution in [0.5, 0.6) is 0 Å². The largest absolute Gasteiger partial charge is 0.469 e. The van der Waals surface area contributed by atoms with Crippen molar-refractivity contribution in [2.24, 2.45) is 7.05 Å². The molecular weight excluding hydrogens is 282 g/mol. The van der Waals surface area contributed by atoms with Gasteiger partial charge < -0.3 is 9.73 Å². The summed E-state index contributed by atoms with van der Waals surface area (Å²) in [5.41, 5.74) is 2.90. The van der Waals surface area contributed by atoms with Crippen molar-refractivity contribution in [3.63, 3.8) is 0 Å². The second-order valence-corrected chi connectivity index (χ2v) is 5.24. The van der Waals surface area contributed by atoms with Crippen LogP contribution in [0.15, 0.2) is 29.0 Å². The van der Waals surface area contributed by atoms with Crippen LogP contribution in [0.4, 0.5) is 0 Å². The Hall–Kier alpha value is -2.57. The van der Waals surface area contributed by atoms with E-state index >= 15 is 0 Å². The molecule has 0 spiro atoms. The van der Waals surface area contributed by atoms with E-state index in [4.69, 9.17) is 4.42 Å². The summed E-state index contributed by atoms with van der Waals surface area (Å²) in [6, 6.07) is 3.74. The van der Waals surface area contributed by atoms with Crippen molar-refractivity contribution >= 4 is 16.9 Å². The summed E-state index contributed by atoms with van der Waals surface area (Å²) in [5.74, 6) is 0.886. The van der Waals surface area contributed by atoms with Gasteiger partial charge in [-0.15, -0.1) is 0 Å². The van der Waals surface area contributed by atoms with Gasteiger partial charge in [0.25, 0.3) is 0 Å². The van der Waals surface area contributed by atoms with Crippen molar-refractivity contribution in [1.29, 1.82) is 0 Å². The van der Waals surface area contributed by atoms with Crippen LogP contribution < -0.4 is 5.32 Å². The Morgan fingerprint density at radius 2 is 2.32 bits per heavy atom. The molecule has 0 aromatic carbocycles. The van der Waals surface area contributed by atoms with E-state index in [1.165, 1.54) is 0 Å². The quantitative estimate of drug-likeness (QED) is 0.747. The third-order valence-corrected chi connectivity index (χ3v) is 3.64. The van der Waals surface area contributed by atoms with Crippen molar-refractivity contribution in [2.45, 2.75) is 26.3 Å². The third-order valence-electron chi connectivity index (χ3n) is 3.64. The molecule has 0 aliphatic rings. The van der Waals surface area contributed by atoms with Crippen LogP contribution in [0.3, 0.4) is 0 Å². The zero-order valence-corrected chi connectivity index (χ0v) is 12.7. The summed E-state index contributed by atoms with van der Waals surface area (Å²) < 4.78 is 8.86. The molecule has 22 heavy (non-hydrogen) atoms. The van der Waals surface area contributed by atoms with Crippen LogP contribution >= 0.6 is 0 Å². The molecule has 3 aromatic rings. The highest BCUT2D eigenvalue weighted by Gasteiger charge is 2.12. The number of aryl methyl sites for hydroxylation is 3. The lowest BCUT2D eigenvalue weighted by molar-refractivity contribution is -0.121. The maximum absolute atomic E-state index is 11.9. The van der Waals surface area contributed by atoms with E-state index in [1.54, 1.807) is 17.1 Å². The van der Waals surface area contributed by atoms with E-state index in [1.807, 2.05) is 30.8 Å². The van der Waals surface area contributed by atoms with E-state index < -0.39 is 0 Å². The summed E-state index contributed by atoms with van der Waals surface area (Å²) in [6.45, 7) is 3.07. The first kappa shape index (κ1) is 14.4. The number of rotatable bonds is 6. The number of hydrogen-bond acceptors (Lipinski definition) is 4. The molecule has 7 heteroatoms. The van der Waals surface area contributed by atoms with Gasteiger partial charge in [0.1, 0.15) is 16.8 Å². The molecule has 0 atom stereocenters. The summed E-state index contributed by atoms with van der Waals surface area (Å²) >= 11 is 0. The maximum Gasteiger partial charge on any atom is 0.221 e. The van der Waals surface area contributed by atoms with Crippen molar-refractivity contribution in [2.75, 3.05) is 6.54 Å². The van der Waals surface area contributed by atoms with Crippen LogP contribution in [0.1, 0.15) is 17.9 Å². The first-order chi connectivity index (χ1) is 10.6. The lowest BCUT2D eigenvalue weighted by Gasteiger charge is -2.05. The van der Waals surface area contributed by atoms with Gasteiger partial charge in [-0.2, -0.15) is 10.2 Å². The van der Waals surface area contributed by atoms with Crippen molar-refractivity contribution in [3.8, 4) is 0 Å². The number of nitrogens with one attached hydrogen (secondary N) is 1. The lowest BCUT2D eigenvalue weighted by atomic mass is 10.3. The molecule has 116 valence electrons. The monoisotopic (exact) mass is 301 g/mol. The Morgan fingerprint density at radius 3 is 3.09 bits per heavy atom. The Labute approximate surface area is 127 Å². The number of fused-ring (bicyclic) bond motifs is 1. The Kier molecular flexibility index (Phi) is 3.95. The van der Waals surface area contributed by atoms with Gasteiger partial charge in [-0.1, -0.05) is 0 Å². The molecule has 0 aliphatic heterocycles. The van der Waals surface area contributed by atoms with Crippen molar-refractivity contribution in [1.82, 2.24) is 24.9 Å². The normalized spacial score (nSPS) is 11.2. The van der Waals surface area contributed by atoms with E-state index in [-0.39, 0.29) is 5.91 Å². The zero-order chi connectivity index (χ0) is 15.5. The average Bonchev–Trinajstić information content (AvgIpc) is 3.18. The van der Waals surface area contributed by atoms with Crippen LogP contribution in [0.25, 0.3) is 11.0 Å². The van der Waals surface area contributed by atoms with Gasteiger partial charge in [0.15, 0.2) is 0 Å². The van der Waals surface area contributed by atoms with Gasteiger partial charge in [-0.25, -0.2) is 0 Å². The first-order valence-corrected chi connectivity index (χ1v) is 7.29. The van der Waals surface area contributed by atoms with Crippen molar-refractivity contribution in [3.05, 3.63) is 36.0 Å². The topological polar surface area (TPSA) is 77.9 Å². The highest BCUT2D eigenvalue weighted by molar-refractivity contribution is 5.78. The SMILES string of the molecule is Cc1nn(C)c2cnn(CCC(=O)NCCc3ccco3)c12. The number of aromatic nitrogens is 4. The number of amides is 1. The molecule has 7 nitrogen and oxygen atoms in total. The number of hydrogen-bond donors (Lipinski definition) is 1. The van der Waals surface area contributed by atoms with E-state index in [2.05, 4.69) is 15.5 Å². The van der Waals surface area contributed by atoms with E-state index in [9.17, 15) is 4.79 Å². The number of furan rings is 1. The third kappa shape index (κ3) is 2.88. The van der Waals surface area contributed by atoms with Gasteiger partial charge in [0, 0.05) is 26.4 Å². The van der Waals surface area contributed by atoms with Gasteiger partial charge in [-0.05, 0) is 19.1 Å². The first-order valence-electron chi connectivity index (χ1n) is 7.29. The minimum Gasteiger partial charge on any atom is -0.469 e. The summed E-state index contributed by atoms with van der Waals surface area (Å²) in [5, 5.41) is 11.6. The van der Waals surface area contributed by atoms with Gasteiger partial charge >= 0.3 is 0 Å². The fraction of sp³-hybridized carbons (Fsp3) is 0.400. The Balaban J connectivity index is 1.52.